The highest BCUT2D eigenvalue weighted by Gasteiger charge is 2.08. The van der Waals surface area contributed by atoms with Crippen LogP contribution in [0.5, 0.6) is 0 Å². The second-order valence-corrected chi connectivity index (χ2v) is 5.82. The van der Waals surface area contributed by atoms with E-state index in [2.05, 4.69) is 15.3 Å². The van der Waals surface area contributed by atoms with Crippen molar-refractivity contribution in [1.82, 2.24) is 9.97 Å². The number of esters is 1. The zero-order valence-electron chi connectivity index (χ0n) is 15.3. The van der Waals surface area contributed by atoms with Crippen molar-refractivity contribution in [1.29, 1.82) is 0 Å². The number of aromatic nitrogens is 2. The molecule has 0 radical (unpaired) electrons. The van der Waals surface area contributed by atoms with E-state index in [1.54, 1.807) is 37.3 Å². The lowest BCUT2D eigenvalue weighted by Gasteiger charge is -2.06. The zero-order valence-corrected chi connectivity index (χ0v) is 15.3. The highest BCUT2D eigenvalue weighted by atomic mass is 16.5. The number of nitrogens with one attached hydrogen (secondary N) is 1. The van der Waals surface area contributed by atoms with Gasteiger partial charge in [0.2, 0.25) is 0 Å². The van der Waals surface area contributed by atoms with E-state index < -0.39 is 0 Å². The van der Waals surface area contributed by atoms with Crippen LogP contribution in [0, 0.1) is 0 Å². The first-order valence-electron chi connectivity index (χ1n) is 8.79. The third kappa shape index (κ3) is 5.11. The Labute approximate surface area is 162 Å². The molecule has 6 nitrogen and oxygen atoms in total. The largest absolute Gasteiger partial charge is 0.463 e. The molecule has 1 amide bonds. The number of amides is 1. The van der Waals surface area contributed by atoms with Gasteiger partial charge in [-0.15, -0.1) is 0 Å². The lowest BCUT2D eigenvalue weighted by Crippen LogP contribution is -2.12. The molecular weight excluding hydrogens is 354 g/mol. The maximum absolute atomic E-state index is 12.4. The topological polar surface area (TPSA) is 81.2 Å². The minimum absolute atomic E-state index is 0.297. The summed E-state index contributed by atoms with van der Waals surface area (Å²) in [6.07, 6.45) is 6.02. The third-order valence-electron chi connectivity index (χ3n) is 3.81. The number of anilines is 1. The van der Waals surface area contributed by atoms with Crippen LogP contribution in [0.25, 0.3) is 17.5 Å². The molecule has 2 aromatic carbocycles. The van der Waals surface area contributed by atoms with E-state index >= 15 is 0 Å². The van der Waals surface area contributed by atoms with Crippen LogP contribution in [-0.4, -0.2) is 28.5 Å². The lowest BCUT2D eigenvalue weighted by atomic mass is 10.2. The van der Waals surface area contributed by atoms with E-state index in [0.29, 0.717) is 23.7 Å². The van der Waals surface area contributed by atoms with E-state index in [4.69, 9.17) is 4.74 Å². The van der Waals surface area contributed by atoms with Crippen molar-refractivity contribution in [3.63, 3.8) is 0 Å². The smallest absolute Gasteiger partial charge is 0.330 e. The molecule has 140 valence electrons. The van der Waals surface area contributed by atoms with Crippen LogP contribution in [0.4, 0.5) is 5.69 Å². The van der Waals surface area contributed by atoms with Crippen LogP contribution in [0.2, 0.25) is 0 Å². The second-order valence-electron chi connectivity index (χ2n) is 5.82. The number of benzene rings is 2. The fourth-order valence-corrected chi connectivity index (χ4v) is 2.42. The number of ether oxygens (including phenoxy) is 1. The Bertz CT molecular complexity index is 966. The van der Waals surface area contributed by atoms with Crippen molar-refractivity contribution in [3.8, 4) is 11.4 Å². The van der Waals surface area contributed by atoms with Gasteiger partial charge in [-0.3, -0.25) is 4.79 Å². The lowest BCUT2D eigenvalue weighted by molar-refractivity contribution is -0.137. The Morgan fingerprint density at radius 3 is 2.32 bits per heavy atom. The quantitative estimate of drug-likeness (QED) is 0.522. The van der Waals surface area contributed by atoms with Crippen LogP contribution < -0.4 is 5.32 Å². The normalized spacial score (nSPS) is 10.6. The molecular formula is C22H19N3O3. The van der Waals surface area contributed by atoms with Crippen molar-refractivity contribution >= 4 is 23.6 Å². The van der Waals surface area contributed by atoms with E-state index in [0.717, 1.165) is 11.1 Å². The summed E-state index contributed by atoms with van der Waals surface area (Å²) >= 11 is 0. The van der Waals surface area contributed by atoms with Gasteiger partial charge in [0.25, 0.3) is 5.91 Å². The summed E-state index contributed by atoms with van der Waals surface area (Å²) in [4.78, 5) is 32.2. The van der Waals surface area contributed by atoms with Gasteiger partial charge >= 0.3 is 5.97 Å². The maximum atomic E-state index is 12.4. The molecule has 0 atom stereocenters. The van der Waals surface area contributed by atoms with Crippen molar-refractivity contribution in [3.05, 3.63) is 84.2 Å². The molecule has 0 saturated carbocycles. The van der Waals surface area contributed by atoms with Gasteiger partial charge in [0.1, 0.15) is 0 Å². The first-order valence-corrected chi connectivity index (χ1v) is 8.79. The van der Waals surface area contributed by atoms with Gasteiger partial charge in [-0.05, 0) is 30.7 Å². The summed E-state index contributed by atoms with van der Waals surface area (Å²) in [7, 11) is 0. The number of carbonyl (C=O) groups is 2. The van der Waals surface area contributed by atoms with E-state index in [1.165, 1.54) is 18.5 Å². The predicted octanol–water partition coefficient (Wildman–Crippen LogP) is 3.97. The Morgan fingerprint density at radius 2 is 1.68 bits per heavy atom. The number of rotatable bonds is 6. The minimum Gasteiger partial charge on any atom is -0.463 e. The Balaban J connectivity index is 1.62. The molecule has 0 aliphatic rings. The molecule has 0 fully saturated rings. The average Bonchev–Trinajstić information content (AvgIpc) is 2.74. The summed E-state index contributed by atoms with van der Waals surface area (Å²) in [6.45, 7) is 2.09. The summed E-state index contributed by atoms with van der Waals surface area (Å²) in [5, 5.41) is 2.80. The van der Waals surface area contributed by atoms with Crippen LogP contribution >= 0.6 is 0 Å². The summed E-state index contributed by atoms with van der Waals surface area (Å²) < 4.78 is 4.83. The van der Waals surface area contributed by atoms with Gasteiger partial charge in [0, 0.05) is 29.7 Å². The average molecular weight is 373 g/mol. The van der Waals surface area contributed by atoms with Crippen molar-refractivity contribution < 1.29 is 14.3 Å². The molecule has 0 aliphatic heterocycles. The molecule has 3 rings (SSSR count). The van der Waals surface area contributed by atoms with Gasteiger partial charge in [-0.25, -0.2) is 14.8 Å². The van der Waals surface area contributed by atoms with Crippen LogP contribution in [0.1, 0.15) is 22.8 Å². The minimum atomic E-state index is -0.390. The summed E-state index contributed by atoms with van der Waals surface area (Å²) in [5.41, 5.74) is 2.71. The standard InChI is InChI=1S/C22H19N3O3/c1-2-28-20(26)13-10-16-8-11-19(12-9-16)25-22(27)18-14-23-21(24-15-18)17-6-4-3-5-7-17/h3-15H,2H2,1H3,(H,25,27). The molecule has 0 spiro atoms. The van der Waals surface area contributed by atoms with E-state index in [-0.39, 0.29) is 11.9 Å². The van der Waals surface area contributed by atoms with Gasteiger partial charge in [0.05, 0.1) is 12.2 Å². The monoisotopic (exact) mass is 373 g/mol. The Kier molecular flexibility index (Phi) is 6.25. The molecule has 0 aliphatic carbocycles. The molecule has 1 aromatic heterocycles. The second kappa shape index (κ2) is 9.23. The zero-order chi connectivity index (χ0) is 19.8. The van der Waals surface area contributed by atoms with Crippen molar-refractivity contribution in [2.24, 2.45) is 0 Å². The molecule has 0 unspecified atom stereocenters. The first-order chi connectivity index (χ1) is 13.7. The van der Waals surface area contributed by atoms with E-state index in [9.17, 15) is 9.59 Å². The molecule has 0 bridgehead atoms. The SMILES string of the molecule is CCOC(=O)C=Cc1ccc(NC(=O)c2cnc(-c3ccccc3)nc2)cc1. The molecule has 0 saturated heterocycles. The maximum Gasteiger partial charge on any atom is 0.330 e. The molecule has 1 heterocycles. The summed E-state index contributed by atoms with van der Waals surface area (Å²) in [5.74, 6) is -0.122. The number of nitrogens with zero attached hydrogens (tertiary/aromatic N) is 2. The Morgan fingerprint density at radius 1 is 1.00 bits per heavy atom. The highest BCUT2D eigenvalue weighted by molar-refractivity contribution is 6.04. The molecule has 3 aromatic rings. The highest BCUT2D eigenvalue weighted by Crippen LogP contribution is 2.15. The van der Waals surface area contributed by atoms with Crippen LogP contribution in [0.15, 0.2) is 73.1 Å². The van der Waals surface area contributed by atoms with Gasteiger partial charge in [-0.2, -0.15) is 0 Å². The fraction of sp³-hybridized carbons (Fsp3) is 0.0909. The van der Waals surface area contributed by atoms with Gasteiger partial charge < -0.3 is 10.1 Å². The van der Waals surface area contributed by atoms with Crippen LogP contribution in [0.3, 0.4) is 0 Å². The first kappa shape index (κ1) is 19.0. The van der Waals surface area contributed by atoms with Crippen molar-refractivity contribution in [2.75, 3.05) is 11.9 Å². The van der Waals surface area contributed by atoms with E-state index in [1.807, 2.05) is 30.3 Å². The summed E-state index contributed by atoms with van der Waals surface area (Å²) in [6, 6.07) is 16.6. The van der Waals surface area contributed by atoms with Crippen molar-refractivity contribution in [2.45, 2.75) is 6.92 Å². The fourth-order valence-electron chi connectivity index (χ4n) is 2.42. The molecule has 28 heavy (non-hydrogen) atoms. The number of hydrogen-bond donors (Lipinski definition) is 1. The number of hydrogen-bond acceptors (Lipinski definition) is 5. The van der Waals surface area contributed by atoms with Gasteiger partial charge in [-0.1, -0.05) is 42.5 Å². The molecule has 1 N–H and O–H groups in total. The third-order valence-corrected chi connectivity index (χ3v) is 3.81. The Hall–Kier alpha value is -3.80. The number of carbonyl (C=O) groups excluding carboxylic acids is 2. The van der Waals surface area contributed by atoms with Crippen LogP contribution in [-0.2, 0) is 9.53 Å². The predicted molar refractivity (Wildman–Crippen MR) is 108 cm³/mol. The van der Waals surface area contributed by atoms with Gasteiger partial charge in [0.15, 0.2) is 5.82 Å². The molecule has 6 heteroatoms.